The number of methoxy groups -OCH3 is 1. The number of aromatic nitrogens is 4. The maximum absolute atomic E-state index is 13.4. The van der Waals surface area contributed by atoms with Crippen LogP contribution in [0.3, 0.4) is 0 Å². The number of pyridine rings is 2. The number of hydrogen-bond donors (Lipinski definition) is 2. The molecule has 36 heavy (non-hydrogen) atoms. The molecule has 3 aromatic heterocycles. The van der Waals surface area contributed by atoms with Gasteiger partial charge in [-0.2, -0.15) is 5.10 Å². The van der Waals surface area contributed by atoms with Gasteiger partial charge in [0.1, 0.15) is 6.54 Å². The maximum Gasteiger partial charge on any atom is 0.339 e. The molecule has 0 aliphatic rings. The fraction of sp³-hybridized carbons (Fsp3) is 0.115. The summed E-state index contributed by atoms with van der Waals surface area (Å²) >= 11 is 0. The number of aryl methyl sites for hydroxylation is 1. The Morgan fingerprint density at radius 3 is 2.69 bits per heavy atom. The molecule has 5 aromatic rings. The predicted molar refractivity (Wildman–Crippen MR) is 136 cm³/mol. The molecule has 180 valence electrons. The highest BCUT2D eigenvalue weighted by atomic mass is 16.5. The highest BCUT2D eigenvalue weighted by molar-refractivity contribution is 5.97. The first-order chi connectivity index (χ1) is 17.4. The number of fused-ring (bicyclic) bond motifs is 2. The van der Waals surface area contributed by atoms with Crippen molar-refractivity contribution in [3.05, 3.63) is 89.2 Å². The summed E-state index contributed by atoms with van der Waals surface area (Å²) in [5.41, 5.74) is 2.66. The second-order valence-electron chi connectivity index (χ2n) is 8.19. The Hall–Kier alpha value is -4.99. The average Bonchev–Trinajstić information content (AvgIpc) is 3.25. The van der Waals surface area contributed by atoms with E-state index in [0.29, 0.717) is 16.8 Å². The van der Waals surface area contributed by atoms with Gasteiger partial charge in [0.25, 0.3) is 5.56 Å². The largest absolute Gasteiger partial charge is 0.465 e. The van der Waals surface area contributed by atoms with Gasteiger partial charge in [0.05, 0.1) is 47.3 Å². The minimum Gasteiger partial charge on any atom is -0.465 e. The van der Waals surface area contributed by atoms with Gasteiger partial charge < -0.3 is 19.9 Å². The minimum atomic E-state index is -0.563. The van der Waals surface area contributed by atoms with E-state index in [1.54, 1.807) is 23.1 Å². The molecule has 0 radical (unpaired) electrons. The molecule has 3 heterocycles. The zero-order valence-corrected chi connectivity index (χ0v) is 19.6. The normalized spacial score (nSPS) is 10.9. The molecular weight excluding hydrogens is 460 g/mol. The van der Waals surface area contributed by atoms with Gasteiger partial charge in [-0.15, -0.1) is 0 Å². The van der Waals surface area contributed by atoms with Crippen LogP contribution in [-0.4, -0.2) is 38.3 Å². The average molecular weight is 483 g/mol. The Morgan fingerprint density at radius 2 is 1.86 bits per heavy atom. The second kappa shape index (κ2) is 9.34. The molecule has 0 aliphatic heterocycles. The number of carbonyl (C=O) groups excluding carboxylic acids is 2. The van der Waals surface area contributed by atoms with Gasteiger partial charge in [0.15, 0.2) is 0 Å². The van der Waals surface area contributed by atoms with E-state index in [0.717, 1.165) is 22.0 Å². The van der Waals surface area contributed by atoms with Crippen molar-refractivity contribution in [1.82, 2.24) is 19.3 Å². The number of nitrogens with one attached hydrogen (secondary N) is 2. The first-order valence-electron chi connectivity index (χ1n) is 11.1. The Bertz CT molecular complexity index is 1690. The second-order valence-corrected chi connectivity index (χ2v) is 8.19. The van der Waals surface area contributed by atoms with Crippen LogP contribution in [-0.2, 0) is 23.1 Å². The molecule has 0 saturated heterocycles. The number of amides is 1. The van der Waals surface area contributed by atoms with Gasteiger partial charge in [-0.25, -0.2) is 4.79 Å². The van der Waals surface area contributed by atoms with E-state index in [1.165, 1.54) is 30.1 Å². The van der Waals surface area contributed by atoms with Crippen LogP contribution in [0.15, 0.2) is 78.1 Å². The van der Waals surface area contributed by atoms with Crippen molar-refractivity contribution in [1.29, 1.82) is 0 Å². The molecule has 2 aromatic carbocycles. The third kappa shape index (κ3) is 4.39. The van der Waals surface area contributed by atoms with Gasteiger partial charge in [-0.05, 0) is 41.8 Å². The number of carbonyl (C=O) groups is 2. The topological polar surface area (TPSA) is 120 Å². The molecule has 1 amide bonds. The summed E-state index contributed by atoms with van der Waals surface area (Å²) < 4.78 is 7.81. The van der Waals surface area contributed by atoms with E-state index in [2.05, 4.69) is 25.5 Å². The fourth-order valence-corrected chi connectivity index (χ4v) is 4.05. The Labute approximate surface area is 205 Å². The van der Waals surface area contributed by atoms with Gasteiger partial charge in [0.2, 0.25) is 5.91 Å². The molecule has 10 heteroatoms. The van der Waals surface area contributed by atoms with Crippen LogP contribution in [0, 0.1) is 0 Å². The number of ether oxygens (including phenoxy) is 1. The van der Waals surface area contributed by atoms with Crippen LogP contribution in [0.4, 0.5) is 17.1 Å². The summed E-state index contributed by atoms with van der Waals surface area (Å²) in [5, 5.41) is 12.5. The van der Waals surface area contributed by atoms with E-state index in [4.69, 9.17) is 0 Å². The predicted octanol–water partition coefficient (Wildman–Crippen LogP) is 3.45. The lowest BCUT2D eigenvalue weighted by molar-refractivity contribution is -0.116. The molecule has 0 atom stereocenters. The molecule has 2 N–H and O–H groups in total. The van der Waals surface area contributed by atoms with Crippen LogP contribution in [0.25, 0.3) is 21.7 Å². The monoisotopic (exact) mass is 482 g/mol. The smallest absolute Gasteiger partial charge is 0.339 e. The number of hydrogen-bond acceptors (Lipinski definition) is 7. The summed E-state index contributed by atoms with van der Waals surface area (Å²) in [4.78, 5) is 41.7. The summed E-state index contributed by atoms with van der Waals surface area (Å²) in [7, 11) is 3.14. The molecule has 0 bridgehead atoms. The summed E-state index contributed by atoms with van der Waals surface area (Å²) in [6.07, 6.45) is 6.12. The first kappa shape index (κ1) is 22.8. The van der Waals surface area contributed by atoms with Crippen molar-refractivity contribution in [3.63, 3.8) is 0 Å². The Balaban J connectivity index is 1.41. The molecule has 0 saturated carbocycles. The number of benzene rings is 2. The number of anilines is 3. The third-order valence-corrected chi connectivity index (χ3v) is 5.79. The Kier molecular flexibility index (Phi) is 5.91. The summed E-state index contributed by atoms with van der Waals surface area (Å²) in [6, 6.07) is 14.6. The van der Waals surface area contributed by atoms with Crippen molar-refractivity contribution >= 4 is 50.6 Å². The van der Waals surface area contributed by atoms with Crippen molar-refractivity contribution in [2.24, 2.45) is 7.05 Å². The fourth-order valence-electron chi connectivity index (χ4n) is 4.05. The van der Waals surface area contributed by atoms with Gasteiger partial charge >= 0.3 is 5.97 Å². The van der Waals surface area contributed by atoms with Crippen LogP contribution in [0.1, 0.15) is 10.4 Å². The molecule has 0 fully saturated rings. The highest BCUT2D eigenvalue weighted by Crippen LogP contribution is 2.26. The van der Waals surface area contributed by atoms with Crippen LogP contribution >= 0.6 is 0 Å². The van der Waals surface area contributed by atoms with Gasteiger partial charge in [-0.3, -0.25) is 19.3 Å². The number of nitrogens with zero attached hydrogens (tertiary/aromatic N) is 4. The van der Waals surface area contributed by atoms with E-state index in [1.807, 2.05) is 43.4 Å². The quantitative estimate of drug-likeness (QED) is 0.356. The standard InChI is InChI=1S/C26H22N6O4/c1-31-22-7-6-19(10-17(22)13-28-31)29-21-5-3-4-16-8-9-32(25(34)24(16)21)15-23(33)30-20-11-18(12-27-14-20)26(35)36-2/h3-14,29H,15H2,1-2H3,(H,30,33). The zero-order valence-electron chi connectivity index (χ0n) is 19.6. The summed E-state index contributed by atoms with van der Waals surface area (Å²) in [6.45, 7) is -0.215. The van der Waals surface area contributed by atoms with E-state index in [9.17, 15) is 14.4 Å². The first-order valence-corrected chi connectivity index (χ1v) is 11.1. The lowest BCUT2D eigenvalue weighted by atomic mass is 10.1. The number of esters is 1. The van der Waals surface area contributed by atoms with Gasteiger partial charge in [0, 0.05) is 30.5 Å². The molecule has 0 spiro atoms. The Morgan fingerprint density at radius 1 is 1.00 bits per heavy atom. The molecule has 0 unspecified atom stereocenters. The van der Waals surface area contributed by atoms with Crippen molar-refractivity contribution in [2.75, 3.05) is 17.7 Å². The molecular formula is C26H22N6O4. The third-order valence-electron chi connectivity index (χ3n) is 5.79. The van der Waals surface area contributed by atoms with Crippen molar-refractivity contribution in [3.8, 4) is 0 Å². The molecule has 0 aliphatic carbocycles. The van der Waals surface area contributed by atoms with Gasteiger partial charge in [-0.1, -0.05) is 12.1 Å². The lowest BCUT2D eigenvalue weighted by Crippen LogP contribution is -2.27. The lowest BCUT2D eigenvalue weighted by Gasteiger charge is -2.13. The van der Waals surface area contributed by atoms with Crippen LogP contribution < -0.4 is 16.2 Å². The highest BCUT2D eigenvalue weighted by Gasteiger charge is 2.13. The van der Waals surface area contributed by atoms with Crippen LogP contribution in [0.5, 0.6) is 0 Å². The van der Waals surface area contributed by atoms with Crippen molar-refractivity contribution in [2.45, 2.75) is 6.54 Å². The van der Waals surface area contributed by atoms with E-state index >= 15 is 0 Å². The van der Waals surface area contributed by atoms with Crippen LogP contribution in [0.2, 0.25) is 0 Å². The maximum atomic E-state index is 13.4. The minimum absolute atomic E-state index is 0.207. The SMILES string of the molecule is COC(=O)c1cncc(NC(=O)Cn2ccc3cccc(Nc4ccc5c(cnn5C)c4)c3c2=O)c1. The molecule has 10 nitrogen and oxygen atoms in total. The van der Waals surface area contributed by atoms with E-state index in [-0.39, 0.29) is 17.7 Å². The zero-order chi connectivity index (χ0) is 25.2. The van der Waals surface area contributed by atoms with E-state index < -0.39 is 11.9 Å². The summed E-state index contributed by atoms with van der Waals surface area (Å²) in [5.74, 6) is -1.00. The van der Waals surface area contributed by atoms with Crippen molar-refractivity contribution < 1.29 is 14.3 Å². The molecule has 5 rings (SSSR count). The number of rotatable bonds is 6.